The Balaban J connectivity index is 1.60. The fourth-order valence-electron chi connectivity index (χ4n) is 3.73. The number of anilines is 1. The van der Waals surface area contributed by atoms with Crippen LogP contribution in [-0.4, -0.2) is 40.4 Å². The van der Waals surface area contributed by atoms with E-state index in [0.717, 1.165) is 24.4 Å². The van der Waals surface area contributed by atoms with E-state index in [9.17, 15) is 4.79 Å². The average Bonchev–Trinajstić information content (AvgIpc) is 3.00. The zero-order chi connectivity index (χ0) is 18.4. The molecule has 1 aliphatic carbocycles. The summed E-state index contributed by atoms with van der Waals surface area (Å²) in [6, 6.07) is 8.74. The van der Waals surface area contributed by atoms with Gasteiger partial charge in [0, 0.05) is 30.4 Å². The lowest BCUT2D eigenvalue weighted by Gasteiger charge is -2.27. The molecule has 1 heterocycles. The molecule has 1 aromatic rings. The molecule has 3 rings (SSSR count). The van der Waals surface area contributed by atoms with Crippen LogP contribution in [0.25, 0.3) is 0 Å². The smallest absolute Gasteiger partial charge is 0.226 e. The second kappa shape index (κ2) is 9.45. The van der Waals surface area contributed by atoms with E-state index in [1.165, 1.54) is 42.8 Å². The number of aliphatic imine (C=N–C) groups is 1. The number of nitrogens with one attached hydrogen (secondary N) is 1. The predicted molar refractivity (Wildman–Crippen MR) is 112 cm³/mol. The highest BCUT2D eigenvalue weighted by atomic mass is 32.2. The Hall–Kier alpha value is -1.49. The molecule has 1 aliphatic heterocycles. The van der Waals surface area contributed by atoms with Gasteiger partial charge in [-0.3, -0.25) is 9.79 Å². The van der Waals surface area contributed by atoms with Gasteiger partial charge in [-0.2, -0.15) is 0 Å². The van der Waals surface area contributed by atoms with E-state index in [1.54, 1.807) is 0 Å². The van der Waals surface area contributed by atoms with Crippen molar-refractivity contribution < 1.29 is 4.79 Å². The lowest BCUT2D eigenvalue weighted by molar-refractivity contribution is -0.116. The first-order chi connectivity index (χ1) is 12.7. The van der Waals surface area contributed by atoms with Crippen molar-refractivity contribution in [2.24, 2.45) is 4.99 Å². The number of carbonyl (C=O) groups excluding carboxylic acids is 1. The minimum absolute atomic E-state index is 0.0967. The SMILES string of the molecule is CCCN1C(=NC2CCCCC2)SCC1CC(=O)Nc1ccc(C)cc1. The molecule has 0 spiro atoms. The first kappa shape index (κ1) is 19.3. The number of amides is 1. The Morgan fingerprint density at radius 1 is 1.23 bits per heavy atom. The number of nitrogens with zero attached hydrogens (tertiary/aromatic N) is 2. The molecule has 2 fully saturated rings. The van der Waals surface area contributed by atoms with Crippen molar-refractivity contribution in [2.45, 2.75) is 70.9 Å². The van der Waals surface area contributed by atoms with Crippen LogP contribution in [0, 0.1) is 6.92 Å². The summed E-state index contributed by atoms with van der Waals surface area (Å²) < 4.78 is 0. The van der Waals surface area contributed by atoms with Crippen LogP contribution in [0.2, 0.25) is 0 Å². The summed E-state index contributed by atoms with van der Waals surface area (Å²) in [6.45, 7) is 5.24. The van der Waals surface area contributed by atoms with E-state index in [1.807, 2.05) is 36.0 Å². The number of aryl methyl sites for hydroxylation is 1. The summed E-state index contributed by atoms with van der Waals surface area (Å²) in [4.78, 5) is 20.0. The van der Waals surface area contributed by atoms with Crippen LogP contribution in [0.1, 0.15) is 57.4 Å². The highest BCUT2D eigenvalue weighted by Gasteiger charge is 2.32. The molecule has 26 heavy (non-hydrogen) atoms. The highest BCUT2D eigenvalue weighted by Crippen LogP contribution is 2.29. The molecule has 0 aromatic heterocycles. The normalized spacial score (nSPS) is 22.8. The number of hydrogen-bond donors (Lipinski definition) is 1. The lowest BCUT2D eigenvalue weighted by Crippen LogP contribution is -2.37. The van der Waals surface area contributed by atoms with Gasteiger partial charge >= 0.3 is 0 Å². The van der Waals surface area contributed by atoms with Crippen LogP contribution in [0.15, 0.2) is 29.3 Å². The van der Waals surface area contributed by atoms with Gasteiger partial charge in [0.15, 0.2) is 5.17 Å². The second-order valence-electron chi connectivity index (χ2n) is 7.48. The maximum absolute atomic E-state index is 12.5. The summed E-state index contributed by atoms with van der Waals surface area (Å²) in [5.74, 6) is 1.06. The van der Waals surface area contributed by atoms with E-state index in [4.69, 9.17) is 4.99 Å². The first-order valence-corrected chi connectivity index (χ1v) is 11.0. The zero-order valence-electron chi connectivity index (χ0n) is 16.0. The Bertz CT molecular complexity index is 623. The van der Waals surface area contributed by atoms with E-state index in [2.05, 4.69) is 24.1 Å². The fraction of sp³-hybridized carbons (Fsp3) is 0.619. The van der Waals surface area contributed by atoms with E-state index in [0.29, 0.717) is 12.5 Å². The van der Waals surface area contributed by atoms with Crippen LogP contribution in [0.4, 0.5) is 5.69 Å². The Morgan fingerprint density at radius 2 is 1.96 bits per heavy atom. The molecule has 1 atom stereocenters. The molecule has 0 radical (unpaired) electrons. The third kappa shape index (κ3) is 5.26. The third-order valence-electron chi connectivity index (χ3n) is 5.18. The predicted octanol–water partition coefficient (Wildman–Crippen LogP) is 4.84. The third-order valence-corrected chi connectivity index (χ3v) is 6.33. The summed E-state index contributed by atoms with van der Waals surface area (Å²) in [5.41, 5.74) is 2.08. The minimum atomic E-state index is 0.0967. The number of rotatable bonds is 6. The molecule has 1 saturated carbocycles. The minimum Gasteiger partial charge on any atom is -0.347 e. The average molecular weight is 374 g/mol. The molecule has 0 bridgehead atoms. The molecule has 1 amide bonds. The van der Waals surface area contributed by atoms with Crippen LogP contribution in [0.3, 0.4) is 0 Å². The van der Waals surface area contributed by atoms with Crippen LogP contribution in [0.5, 0.6) is 0 Å². The van der Waals surface area contributed by atoms with Crippen LogP contribution in [-0.2, 0) is 4.79 Å². The number of amidine groups is 1. The van der Waals surface area contributed by atoms with Crippen molar-refractivity contribution in [3.63, 3.8) is 0 Å². The topological polar surface area (TPSA) is 44.7 Å². The van der Waals surface area contributed by atoms with Gasteiger partial charge in [0.2, 0.25) is 5.91 Å². The summed E-state index contributed by atoms with van der Waals surface area (Å²) in [7, 11) is 0. The number of thioether (sulfide) groups is 1. The molecular weight excluding hydrogens is 342 g/mol. The highest BCUT2D eigenvalue weighted by molar-refractivity contribution is 8.14. The molecular formula is C21H31N3OS. The van der Waals surface area contributed by atoms with E-state index in [-0.39, 0.29) is 11.9 Å². The maximum Gasteiger partial charge on any atom is 0.226 e. The van der Waals surface area contributed by atoms with E-state index < -0.39 is 0 Å². The quantitative estimate of drug-likeness (QED) is 0.776. The van der Waals surface area contributed by atoms with Crippen molar-refractivity contribution in [3.05, 3.63) is 29.8 Å². The molecule has 4 nitrogen and oxygen atoms in total. The number of hydrogen-bond acceptors (Lipinski definition) is 3. The molecule has 142 valence electrons. The Morgan fingerprint density at radius 3 is 2.65 bits per heavy atom. The molecule has 1 aromatic carbocycles. The first-order valence-electron chi connectivity index (χ1n) is 9.99. The van der Waals surface area contributed by atoms with Crippen LogP contribution >= 0.6 is 11.8 Å². The maximum atomic E-state index is 12.5. The molecule has 2 aliphatic rings. The van der Waals surface area contributed by atoms with Gasteiger partial charge in [0.05, 0.1) is 6.04 Å². The van der Waals surface area contributed by atoms with Crippen molar-refractivity contribution in [2.75, 3.05) is 17.6 Å². The molecule has 1 saturated heterocycles. The summed E-state index contributed by atoms with van der Waals surface area (Å²) in [5, 5.41) is 4.21. The summed E-state index contributed by atoms with van der Waals surface area (Å²) in [6.07, 6.45) is 8.04. The van der Waals surface area contributed by atoms with Crippen molar-refractivity contribution >= 4 is 28.5 Å². The molecule has 1 unspecified atom stereocenters. The summed E-state index contributed by atoms with van der Waals surface area (Å²) >= 11 is 1.84. The fourth-order valence-corrected chi connectivity index (χ4v) is 5.00. The molecule has 1 N–H and O–H groups in total. The van der Waals surface area contributed by atoms with Gasteiger partial charge in [-0.15, -0.1) is 0 Å². The molecule has 5 heteroatoms. The monoisotopic (exact) mass is 373 g/mol. The zero-order valence-corrected chi connectivity index (χ0v) is 16.9. The van der Waals surface area contributed by atoms with Crippen molar-refractivity contribution in [1.29, 1.82) is 0 Å². The van der Waals surface area contributed by atoms with Crippen LogP contribution < -0.4 is 5.32 Å². The van der Waals surface area contributed by atoms with E-state index >= 15 is 0 Å². The second-order valence-corrected chi connectivity index (χ2v) is 8.47. The van der Waals surface area contributed by atoms with Gasteiger partial charge in [-0.1, -0.05) is 55.6 Å². The number of benzene rings is 1. The largest absolute Gasteiger partial charge is 0.347 e. The van der Waals surface area contributed by atoms with Gasteiger partial charge in [0.1, 0.15) is 0 Å². The number of carbonyl (C=O) groups is 1. The van der Waals surface area contributed by atoms with Crippen molar-refractivity contribution in [1.82, 2.24) is 4.90 Å². The van der Waals surface area contributed by atoms with Crippen molar-refractivity contribution in [3.8, 4) is 0 Å². The lowest BCUT2D eigenvalue weighted by atomic mass is 9.96. The van der Waals surface area contributed by atoms with Gasteiger partial charge < -0.3 is 10.2 Å². The van der Waals surface area contributed by atoms with Gasteiger partial charge in [-0.05, 0) is 38.3 Å². The Labute approximate surface area is 161 Å². The van der Waals surface area contributed by atoms with Gasteiger partial charge in [-0.25, -0.2) is 0 Å². The Kier molecular flexibility index (Phi) is 7.00. The van der Waals surface area contributed by atoms with Gasteiger partial charge in [0.25, 0.3) is 0 Å². The standard InChI is InChI=1S/C21H31N3OS/c1-3-13-24-19(14-20(25)22-18-11-9-16(2)10-12-18)15-26-21(24)23-17-7-5-4-6-8-17/h9-12,17,19H,3-8,13-15H2,1-2H3,(H,22,25).